The molecule has 2 aromatic carbocycles. The lowest BCUT2D eigenvalue weighted by molar-refractivity contribution is -0.120. The first-order valence-electron chi connectivity index (χ1n) is 14.1. The molecule has 1 aliphatic carbocycles. The normalized spacial score (nSPS) is 21.2. The zero-order valence-corrected chi connectivity index (χ0v) is 24.6. The van der Waals surface area contributed by atoms with Gasteiger partial charge in [0.2, 0.25) is 15.9 Å². The summed E-state index contributed by atoms with van der Waals surface area (Å²) < 4.78 is 34.2. The molecule has 0 radical (unpaired) electrons. The Morgan fingerprint density at radius 1 is 1.15 bits per heavy atom. The van der Waals surface area contributed by atoms with Crippen LogP contribution in [-0.2, 0) is 14.8 Å². The van der Waals surface area contributed by atoms with Crippen LogP contribution in [-0.4, -0.2) is 73.4 Å². The maximum atomic E-state index is 13.7. The van der Waals surface area contributed by atoms with Crippen LogP contribution in [0.1, 0.15) is 61.9 Å². The molecule has 9 nitrogen and oxygen atoms in total. The standard InChI is InChI=1S/C30H41N3O6S/c1-20-10-13-25(14-11-20)40(37,38)32(4)18-28-21(2)17-33(22(3)19-34)30(36)26-16-24(12-15-27(26)39-28)31-29(35)23-8-6-5-7-9-23/h10-16,21-23,28,34H,5-9,17-19H2,1-4H3,(H,31,35)/t21-,22+,28+/m1/s1. The molecular weight excluding hydrogens is 530 g/mol. The quantitative estimate of drug-likeness (QED) is 0.494. The van der Waals surface area contributed by atoms with Crippen molar-refractivity contribution in [3.8, 4) is 5.75 Å². The largest absolute Gasteiger partial charge is 0.488 e. The van der Waals surface area contributed by atoms with Gasteiger partial charge in [0, 0.05) is 31.1 Å². The van der Waals surface area contributed by atoms with E-state index >= 15 is 0 Å². The van der Waals surface area contributed by atoms with Gasteiger partial charge in [0.15, 0.2) is 0 Å². The van der Waals surface area contributed by atoms with Gasteiger partial charge in [-0.05, 0) is 57.0 Å². The van der Waals surface area contributed by atoms with Crippen molar-refractivity contribution in [3.63, 3.8) is 0 Å². The number of sulfonamides is 1. The number of likely N-dealkylation sites (N-methyl/N-ethyl adjacent to an activating group) is 1. The van der Waals surface area contributed by atoms with Gasteiger partial charge in [0.25, 0.3) is 5.91 Å². The summed E-state index contributed by atoms with van der Waals surface area (Å²) in [6, 6.07) is 11.2. The number of ether oxygens (including phenoxy) is 1. The lowest BCUT2D eigenvalue weighted by Gasteiger charge is -2.38. The van der Waals surface area contributed by atoms with Crippen molar-refractivity contribution in [2.45, 2.75) is 69.9 Å². The molecule has 1 aliphatic heterocycles. The zero-order valence-electron chi connectivity index (χ0n) is 23.8. The number of aryl methyl sites for hydroxylation is 1. The van der Waals surface area contributed by atoms with Gasteiger partial charge in [-0.15, -0.1) is 0 Å². The molecule has 0 aromatic heterocycles. The molecule has 1 heterocycles. The molecule has 0 saturated heterocycles. The van der Waals surface area contributed by atoms with Crippen molar-refractivity contribution >= 4 is 27.5 Å². The highest BCUT2D eigenvalue weighted by Crippen LogP contribution is 2.32. The Hall–Kier alpha value is -2.95. The highest BCUT2D eigenvalue weighted by Gasteiger charge is 2.35. The van der Waals surface area contributed by atoms with E-state index in [1.807, 2.05) is 13.8 Å². The van der Waals surface area contributed by atoms with Gasteiger partial charge in [0.1, 0.15) is 11.9 Å². The Morgan fingerprint density at radius 2 is 1.82 bits per heavy atom. The van der Waals surface area contributed by atoms with Crippen LogP contribution in [0, 0.1) is 18.8 Å². The number of hydrogen-bond acceptors (Lipinski definition) is 6. The average molecular weight is 572 g/mol. The third-order valence-corrected chi connectivity index (χ3v) is 9.91. The minimum Gasteiger partial charge on any atom is -0.488 e. The molecular formula is C30H41N3O6S. The second kappa shape index (κ2) is 12.7. The monoisotopic (exact) mass is 571 g/mol. The Labute approximate surface area is 237 Å². The van der Waals surface area contributed by atoms with Crippen LogP contribution in [0.5, 0.6) is 5.75 Å². The lowest BCUT2D eigenvalue weighted by Crippen LogP contribution is -2.50. The van der Waals surface area contributed by atoms with Gasteiger partial charge in [-0.1, -0.05) is 43.9 Å². The Morgan fingerprint density at radius 3 is 2.48 bits per heavy atom. The molecule has 4 rings (SSSR count). The topological polar surface area (TPSA) is 116 Å². The van der Waals surface area contributed by atoms with Gasteiger partial charge in [-0.25, -0.2) is 8.42 Å². The number of hydrogen-bond donors (Lipinski definition) is 2. The summed E-state index contributed by atoms with van der Waals surface area (Å²) in [5.41, 5.74) is 1.74. The molecule has 1 fully saturated rings. The van der Waals surface area contributed by atoms with E-state index in [0.717, 1.165) is 37.7 Å². The summed E-state index contributed by atoms with van der Waals surface area (Å²) >= 11 is 0. The predicted octanol–water partition coefficient (Wildman–Crippen LogP) is 4.05. The van der Waals surface area contributed by atoms with Crippen molar-refractivity contribution in [2.24, 2.45) is 11.8 Å². The number of aliphatic hydroxyl groups excluding tert-OH is 1. The third kappa shape index (κ3) is 6.67. The first-order chi connectivity index (χ1) is 19.0. The Kier molecular flexibility index (Phi) is 9.53. The molecule has 2 amide bonds. The SMILES string of the molecule is Cc1ccc(S(=O)(=O)N(C)C[C@@H]2Oc3ccc(NC(=O)C4CCCCC4)cc3C(=O)N([C@@H](C)CO)C[C@H]2C)cc1. The summed E-state index contributed by atoms with van der Waals surface area (Å²) in [6.45, 7) is 5.68. The Balaban J connectivity index is 1.62. The van der Waals surface area contributed by atoms with Crippen molar-refractivity contribution in [2.75, 3.05) is 32.1 Å². The number of nitrogens with one attached hydrogen (secondary N) is 1. The fraction of sp³-hybridized carbons (Fsp3) is 0.533. The summed E-state index contributed by atoms with van der Waals surface area (Å²) in [5.74, 6) is -0.323. The molecule has 2 aromatic rings. The number of amides is 2. The summed E-state index contributed by atoms with van der Waals surface area (Å²) in [4.78, 5) is 28.4. The smallest absolute Gasteiger partial charge is 0.258 e. The first-order valence-corrected chi connectivity index (χ1v) is 15.5. The Bertz CT molecular complexity index is 1310. The van der Waals surface area contributed by atoms with E-state index in [-0.39, 0.29) is 53.8 Å². The van der Waals surface area contributed by atoms with Crippen molar-refractivity contribution < 1.29 is 27.9 Å². The minimum absolute atomic E-state index is 0.0372. The number of aliphatic hydroxyl groups is 1. The molecule has 2 N–H and O–H groups in total. The van der Waals surface area contributed by atoms with E-state index < -0.39 is 22.2 Å². The molecule has 3 atom stereocenters. The van der Waals surface area contributed by atoms with Crippen LogP contribution < -0.4 is 10.1 Å². The molecule has 2 aliphatic rings. The fourth-order valence-electron chi connectivity index (χ4n) is 5.37. The van der Waals surface area contributed by atoms with E-state index in [1.54, 1.807) is 54.3 Å². The highest BCUT2D eigenvalue weighted by molar-refractivity contribution is 7.89. The highest BCUT2D eigenvalue weighted by atomic mass is 32.2. The number of nitrogens with zero attached hydrogens (tertiary/aromatic N) is 2. The van der Waals surface area contributed by atoms with Gasteiger partial charge in [-0.2, -0.15) is 4.31 Å². The van der Waals surface area contributed by atoms with E-state index in [4.69, 9.17) is 4.74 Å². The minimum atomic E-state index is -3.77. The molecule has 218 valence electrons. The second-order valence-electron chi connectivity index (χ2n) is 11.3. The summed E-state index contributed by atoms with van der Waals surface area (Å²) in [6.07, 6.45) is 4.37. The second-order valence-corrected chi connectivity index (χ2v) is 13.3. The average Bonchev–Trinajstić information content (AvgIpc) is 2.95. The van der Waals surface area contributed by atoms with Gasteiger partial charge in [-0.3, -0.25) is 9.59 Å². The number of fused-ring (bicyclic) bond motifs is 1. The van der Waals surface area contributed by atoms with Crippen LogP contribution in [0.15, 0.2) is 47.4 Å². The summed E-state index contributed by atoms with van der Waals surface area (Å²) in [5, 5.41) is 12.9. The van der Waals surface area contributed by atoms with Crippen molar-refractivity contribution in [3.05, 3.63) is 53.6 Å². The van der Waals surface area contributed by atoms with E-state index in [9.17, 15) is 23.1 Å². The molecule has 0 unspecified atom stereocenters. The molecule has 40 heavy (non-hydrogen) atoms. The number of rotatable bonds is 8. The van der Waals surface area contributed by atoms with Crippen LogP contribution >= 0.6 is 0 Å². The first kappa shape index (κ1) is 30.0. The number of benzene rings is 2. The molecule has 1 saturated carbocycles. The lowest BCUT2D eigenvalue weighted by atomic mass is 9.88. The van der Waals surface area contributed by atoms with Crippen molar-refractivity contribution in [1.82, 2.24) is 9.21 Å². The zero-order chi connectivity index (χ0) is 29.0. The number of carbonyl (C=O) groups excluding carboxylic acids is 2. The maximum absolute atomic E-state index is 13.7. The summed E-state index contributed by atoms with van der Waals surface area (Å²) in [7, 11) is -2.25. The molecule has 10 heteroatoms. The van der Waals surface area contributed by atoms with E-state index in [2.05, 4.69) is 5.32 Å². The van der Waals surface area contributed by atoms with Crippen LogP contribution in [0.25, 0.3) is 0 Å². The number of anilines is 1. The van der Waals surface area contributed by atoms with Crippen LogP contribution in [0.2, 0.25) is 0 Å². The number of carbonyl (C=O) groups is 2. The van der Waals surface area contributed by atoms with Gasteiger partial charge < -0.3 is 20.1 Å². The van der Waals surface area contributed by atoms with Gasteiger partial charge >= 0.3 is 0 Å². The molecule has 0 bridgehead atoms. The van der Waals surface area contributed by atoms with Crippen LogP contribution in [0.4, 0.5) is 5.69 Å². The maximum Gasteiger partial charge on any atom is 0.258 e. The van der Waals surface area contributed by atoms with E-state index in [0.29, 0.717) is 11.4 Å². The fourth-order valence-corrected chi connectivity index (χ4v) is 6.55. The third-order valence-electron chi connectivity index (χ3n) is 8.07. The van der Waals surface area contributed by atoms with Gasteiger partial charge in [0.05, 0.1) is 29.7 Å². The predicted molar refractivity (Wildman–Crippen MR) is 154 cm³/mol. The van der Waals surface area contributed by atoms with Crippen LogP contribution in [0.3, 0.4) is 0 Å². The van der Waals surface area contributed by atoms with Crippen molar-refractivity contribution in [1.29, 1.82) is 0 Å². The van der Waals surface area contributed by atoms with E-state index in [1.165, 1.54) is 11.4 Å². The molecule has 0 spiro atoms.